The summed E-state index contributed by atoms with van der Waals surface area (Å²) in [6.45, 7) is 3.90. The summed E-state index contributed by atoms with van der Waals surface area (Å²) in [5, 5.41) is 3.30. The van der Waals surface area contributed by atoms with Crippen LogP contribution in [0.2, 0.25) is 5.02 Å². The molecule has 0 heterocycles. The molecule has 23 heavy (non-hydrogen) atoms. The quantitative estimate of drug-likeness (QED) is 0.735. The fourth-order valence-corrected chi connectivity index (χ4v) is 3.43. The SMILES string of the molecule is CCC(CC)(CN)NC(=O)CN(C)S(=O)(=O)c1ccc(Cl)cc1. The molecule has 0 aliphatic rings. The zero-order valence-electron chi connectivity index (χ0n) is 13.7. The third-order valence-corrected chi connectivity index (χ3v) is 6.11. The van der Waals surface area contributed by atoms with E-state index in [1.807, 2.05) is 13.8 Å². The Morgan fingerprint density at radius 1 is 1.26 bits per heavy atom. The molecule has 0 atom stereocenters. The van der Waals surface area contributed by atoms with Gasteiger partial charge in [0.05, 0.1) is 17.0 Å². The van der Waals surface area contributed by atoms with Gasteiger partial charge >= 0.3 is 0 Å². The second kappa shape index (κ2) is 8.10. The summed E-state index contributed by atoms with van der Waals surface area (Å²) >= 11 is 5.76. The van der Waals surface area contributed by atoms with E-state index in [2.05, 4.69) is 5.32 Å². The second-order valence-electron chi connectivity index (χ2n) is 5.45. The molecular weight excluding hydrogens is 338 g/mol. The number of nitrogens with one attached hydrogen (secondary N) is 1. The Bertz CT molecular complexity index is 620. The lowest BCUT2D eigenvalue weighted by Crippen LogP contribution is -2.55. The van der Waals surface area contributed by atoms with Crippen molar-refractivity contribution in [3.63, 3.8) is 0 Å². The normalized spacial score (nSPS) is 12.4. The Balaban J connectivity index is 2.83. The standard InChI is InChI=1S/C15H24ClN3O3S/c1-4-15(5-2,11-17)18-14(20)10-19(3)23(21,22)13-8-6-12(16)7-9-13/h6-9H,4-5,10-11,17H2,1-3H3,(H,18,20). The van der Waals surface area contributed by atoms with Crippen LogP contribution in [0.5, 0.6) is 0 Å². The number of rotatable bonds is 8. The van der Waals surface area contributed by atoms with E-state index in [1.54, 1.807) is 0 Å². The van der Waals surface area contributed by atoms with Crippen molar-refractivity contribution in [2.24, 2.45) is 5.73 Å². The highest BCUT2D eigenvalue weighted by Gasteiger charge is 2.29. The minimum absolute atomic E-state index is 0.0910. The number of halogens is 1. The molecule has 1 aromatic carbocycles. The van der Waals surface area contributed by atoms with E-state index in [-0.39, 0.29) is 17.3 Å². The van der Waals surface area contributed by atoms with E-state index in [9.17, 15) is 13.2 Å². The van der Waals surface area contributed by atoms with Crippen LogP contribution in [-0.2, 0) is 14.8 Å². The van der Waals surface area contributed by atoms with Gasteiger partial charge in [0.25, 0.3) is 0 Å². The second-order valence-corrected chi connectivity index (χ2v) is 7.94. The molecule has 130 valence electrons. The predicted octanol–water partition coefficient (Wildman–Crippen LogP) is 1.59. The molecule has 1 amide bonds. The van der Waals surface area contributed by atoms with Crippen molar-refractivity contribution in [2.75, 3.05) is 20.1 Å². The molecule has 0 unspecified atom stereocenters. The Morgan fingerprint density at radius 2 is 1.78 bits per heavy atom. The lowest BCUT2D eigenvalue weighted by atomic mass is 9.93. The molecule has 0 spiro atoms. The van der Waals surface area contributed by atoms with E-state index in [4.69, 9.17) is 17.3 Å². The minimum atomic E-state index is -3.74. The molecule has 0 saturated carbocycles. The highest BCUT2D eigenvalue weighted by Crippen LogP contribution is 2.18. The molecule has 0 aliphatic carbocycles. The molecule has 1 rings (SSSR count). The molecule has 6 nitrogen and oxygen atoms in total. The molecular formula is C15H24ClN3O3S. The predicted molar refractivity (Wildman–Crippen MR) is 91.8 cm³/mol. The number of carbonyl (C=O) groups excluding carboxylic acids is 1. The molecule has 0 saturated heterocycles. The first-order valence-electron chi connectivity index (χ1n) is 7.43. The molecule has 0 aliphatic heterocycles. The maximum Gasteiger partial charge on any atom is 0.243 e. The summed E-state index contributed by atoms with van der Waals surface area (Å²) in [5.74, 6) is -0.376. The number of hydrogen-bond acceptors (Lipinski definition) is 4. The maximum absolute atomic E-state index is 12.4. The molecule has 0 bridgehead atoms. The van der Waals surface area contributed by atoms with Gasteiger partial charge in [0.1, 0.15) is 0 Å². The first kappa shape index (κ1) is 19.9. The number of amides is 1. The van der Waals surface area contributed by atoms with Crippen molar-refractivity contribution in [1.82, 2.24) is 9.62 Å². The molecule has 8 heteroatoms. The lowest BCUT2D eigenvalue weighted by Gasteiger charge is -2.32. The van der Waals surface area contributed by atoms with Crippen LogP contribution in [0, 0.1) is 0 Å². The van der Waals surface area contributed by atoms with Crippen LogP contribution < -0.4 is 11.1 Å². The monoisotopic (exact) mass is 361 g/mol. The van der Waals surface area contributed by atoms with Crippen LogP contribution in [0.1, 0.15) is 26.7 Å². The zero-order chi connectivity index (χ0) is 17.7. The van der Waals surface area contributed by atoms with Crippen molar-refractivity contribution in [3.05, 3.63) is 29.3 Å². The summed E-state index contributed by atoms with van der Waals surface area (Å²) in [5.41, 5.74) is 5.24. The topological polar surface area (TPSA) is 92.5 Å². The number of benzene rings is 1. The number of hydrogen-bond donors (Lipinski definition) is 2. The van der Waals surface area contributed by atoms with Gasteiger partial charge in [-0.2, -0.15) is 4.31 Å². The van der Waals surface area contributed by atoms with Crippen LogP contribution in [0.25, 0.3) is 0 Å². The fraction of sp³-hybridized carbons (Fsp3) is 0.533. The minimum Gasteiger partial charge on any atom is -0.348 e. The van der Waals surface area contributed by atoms with Crippen LogP contribution >= 0.6 is 11.6 Å². The van der Waals surface area contributed by atoms with Gasteiger partial charge in [-0.05, 0) is 37.1 Å². The van der Waals surface area contributed by atoms with Gasteiger partial charge in [-0.1, -0.05) is 25.4 Å². The van der Waals surface area contributed by atoms with Crippen molar-refractivity contribution in [3.8, 4) is 0 Å². The summed E-state index contributed by atoms with van der Waals surface area (Å²) in [6, 6.07) is 5.81. The Kier molecular flexibility index (Phi) is 7.01. The highest BCUT2D eigenvalue weighted by atomic mass is 35.5. The van der Waals surface area contributed by atoms with Crippen molar-refractivity contribution >= 4 is 27.5 Å². The Morgan fingerprint density at radius 3 is 2.22 bits per heavy atom. The van der Waals surface area contributed by atoms with Gasteiger partial charge < -0.3 is 11.1 Å². The summed E-state index contributed by atoms with van der Waals surface area (Å²) < 4.78 is 25.9. The smallest absolute Gasteiger partial charge is 0.243 e. The van der Waals surface area contributed by atoms with Gasteiger partial charge in [-0.15, -0.1) is 0 Å². The Hall–Kier alpha value is -1.15. The van der Waals surface area contributed by atoms with Crippen LogP contribution in [-0.4, -0.2) is 44.3 Å². The number of nitrogens with two attached hydrogens (primary N) is 1. The summed E-state index contributed by atoms with van der Waals surface area (Å²) in [7, 11) is -2.38. The number of carbonyl (C=O) groups is 1. The van der Waals surface area contributed by atoms with Crippen LogP contribution in [0.15, 0.2) is 29.2 Å². The van der Waals surface area contributed by atoms with Crippen molar-refractivity contribution < 1.29 is 13.2 Å². The van der Waals surface area contributed by atoms with Crippen LogP contribution in [0.4, 0.5) is 0 Å². The van der Waals surface area contributed by atoms with Gasteiger partial charge in [0.15, 0.2) is 0 Å². The molecule has 0 radical (unpaired) electrons. The van der Waals surface area contributed by atoms with Gasteiger partial charge in [0, 0.05) is 18.6 Å². The molecule has 0 aromatic heterocycles. The summed E-state index contributed by atoms with van der Waals surface area (Å²) in [6.07, 6.45) is 1.36. The maximum atomic E-state index is 12.4. The van der Waals surface area contributed by atoms with Gasteiger partial charge in [-0.25, -0.2) is 8.42 Å². The third-order valence-electron chi connectivity index (χ3n) is 4.04. The summed E-state index contributed by atoms with van der Waals surface area (Å²) in [4.78, 5) is 12.3. The molecule has 1 aromatic rings. The van der Waals surface area contributed by atoms with Gasteiger partial charge in [0.2, 0.25) is 15.9 Å². The van der Waals surface area contributed by atoms with E-state index < -0.39 is 15.6 Å². The highest BCUT2D eigenvalue weighted by molar-refractivity contribution is 7.89. The average Bonchev–Trinajstić information content (AvgIpc) is 2.53. The van der Waals surface area contributed by atoms with E-state index in [1.165, 1.54) is 31.3 Å². The largest absolute Gasteiger partial charge is 0.348 e. The third kappa shape index (κ3) is 4.91. The molecule has 3 N–H and O–H groups in total. The van der Waals surface area contributed by atoms with E-state index in [0.29, 0.717) is 24.4 Å². The molecule has 0 fully saturated rings. The Labute approximate surface area is 143 Å². The number of likely N-dealkylation sites (N-methyl/N-ethyl adjacent to an activating group) is 1. The first-order chi connectivity index (χ1) is 10.7. The van der Waals surface area contributed by atoms with E-state index >= 15 is 0 Å². The van der Waals surface area contributed by atoms with E-state index in [0.717, 1.165) is 4.31 Å². The fourth-order valence-electron chi connectivity index (χ4n) is 2.18. The van der Waals surface area contributed by atoms with Gasteiger partial charge in [-0.3, -0.25) is 4.79 Å². The van der Waals surface area contributed by atoms with Crippen molar-refractivity contribution in [2.45, 2.75) is 37.1 Å². The number of sulfonamides is 1. The first-order valence-corrected chi connectivity index (χ1v) is 9.25. The van der Waals surface area contributed by atoms with Crippen LogP contribution in [0.3, 0.4) is 0 Å². The zero-order valence-corrected chi connectivity index (χ0v) is 15.2. The number of nitrogens with zero attached hydrogens (tertiary/aromatic N) is 1. The average molecular weight is 362 g/mol. The lowest BCUT2D eigenvalue weighted by molar-refractivity contribution is -0.123. The van der Waals surface area contributed by atoms with Crippen molar-refractivity contribution in [1.29, 1.82) is 0 Å².